The minimum absolute atomic E-state index is 0.278. The third-order valence-electron chi connectivity index (χ3n) is 2.30. The van der Waals surface area contributed by atoms with Crippen molar-refractivity contribution < 1.29 is 9.53 Å². The Morgan fingerprint density at radius 3 is 3.12 bits per heavy atom. The highest BCUT2D eigenvalue weighted by molar-refractivity contribution is 7.11. The molecular weight excluding hydrogens is 222 g/mol. The van der Waals surface area contributed by atoms with Crippen molar-refractivity contribution in [1.29, 1.82) is 0 Å². The maximum absolute atomic E-state index is 11.7. The quantitative estimate of drug-likeness (QED) is 0.756. The van der Waals surface area contributed by atoms with E-state index in [2.05, 4.69) is 17.1 Å². The molecule has 0 atom stereocenters. The Balaban J connectivity index is 2.28. The van der Waals surface area contributed by atoms with E-state index in [9.17, 15) is 4.79 Å². The zero-order valence-electron chi connectivity index (χ0n) is 9.10. The van der Waals surface area contributed by atoms with E-state index in [4.69, 9.17) is 4.74 Å². The third-order valence-corrected chi connectivity index (χ3v) is 3.10. The second-order valence-electron chi connectivity index (χ2n) is 3.39. The van der Waals surface area contributed by atoms with Crippen molar-refractivity contribution in [2.75, 3.05) is 6.61 Å². The lowest BCUT2D eigenvalue weighted by atomic mass is 10.0. The maximum atomic E-state index is 11.7. The van der Waals surface area contributed by atoms with Gasteiger partial charge in [-0.05, 0) is 25.3 Å². The van der Waals surface area contributed by atoms with Crippen molar-refractivity contribution in [3.63, 3.8) is 0 Å². The van der Waals surface area contributed by atoms with Gasteiger partial charge in [0.25, 0.3) is 0 Å². The van der Waals surface area contributed by atoms with Crippen LogP contribution in [0.3, 0.4) is 0 Å². The molecule has 0 saturated heterocycles. The Morgan fingerprint density at radius 2 is 2.44 bits per heavy atom. The van der Waals surface area contributed by atoms with Crippen LogP contribution < -0.4 is 0 Å². The molecule has 16 heavy (non-hydrogen) atoms. The molecule has 84 valence electrons. The fourth-order valence-corrected chi connectivity index (χ4v) is 2.28. The first-order chi connectivity index (χ1) is 7.83. The van der Waals surface area contributed by atoms with Crippen LogP contribution in [0.5, 0.6) is 0 Å². The molecule has 1 aliphatic rings. The zero-order chi connectivity index (χ0) is 11.4. The topological polar surface area (TPSA) is 39.2 Å². The summed E-state index contributed by atoms with van der Waals surface area (Å²) in [5.74, 6) is -0.278. The minimum atomic E-state index is -0.278. The first-order valence-electron chi connectivity index (χ1n) is 5.30. The number of carbonyl (C=O) groups is 1. The van der Waals surface area contributed by atoms with Crippen molar-refractivity contribution in [3.8, 4) is 0 Å². The SMILES string of the molecule is CCOC(=O)c1scnc1C1=CCCC=C1. The van der Waals surface area contributed by atoms with Gasteiger partial charge < -0.3 is 4.74 Å². The number of aromatic nitrogens is 1. The predicted octanol–water partition coefficient (Wildman–Crippen LogP) is 3.05. The van der Waals surface area contributed by atoms with Crippen LogP contribution in [0.2, 0.25) is 0 Å². The van der Waals surface area contributed by atoms with Crippen molar-refractivity contribution in [2.24, 2.45) is 0 Å². The van der Waals surface area contributed by atoms with E-state index in [1.54, 1.807) is 12.4 Å². The van der Waals surface area contributed by atoms with Gasteiger partial charge in [-0.3, -0.25) is 0 Å². The van der Waals surface area contributed by atoms with Crippen LogP contribution in [-0.4, -0.2) is 17.6 Å². The summed E-state index contributed by atoms with van der Waals surface area (Å²) in [4.78, 5) is 16.5. The summed E-state index contributed by atoms with van der Waals surface area (Å²) in [6, 6.07) is 0. The van der Waals surface area contributed by atoms with Crippen LogP contribution in [-0.2, 0) is 4.74 Å². The van der Waals surface area contributed by atoms with E-state index < -0.39 is 0 Å². The van der Waals surface area contributed by atoms with Gasteiger partial charge in [0, 0.05) is 0 Å². The number of ether oxygens (including phenoxy) is 1. The van der Waals surface area contributed by atoms with Crippen LogP contribution >= 0.6 is 11.3 Å². The lowest BCUT2D eigenvalue weighted by Gasteiger charge is -2.06. The van der Waals surface area contributed by atoms with Crippen LogP contribution in [0.25, 0.3) is 5.57 Å². The number of nitrogens with zero attached hydrogens (tertiary/aromatic N) is 1. The van der Waals surface area contributed by atoms with Gasteiger partial charge >= 0.3 is 5.97 Å². The molecule has 0 amide bonds. The molecule has 0 fully saturated rings. The largest absolute Gasteiger partial charge is 0.462 e. The highest BCUT2D eigenvalue weighted by Gasteiger charge is 2.18. The van der Waals surface area contributed by atoms with E-state index in [0.717, 1.165) is 24.1 Å². The summed E-state index contributed by atoms with van der Waals surface area (Å²) in [5, 5.41) is 0. The molecule has 1 aliphatic carbocycles. The van der Waals surface area contributed by atoms with Gasteiger partial charge in [-0.2, -0.15) is 0 Å². The van der Waals surface area contributed by atoms with Gasteiger partial charge in [0.1, 0.15) is 4.88 Å². The molecule has 0 aromatic carbocycles. The van der Waals surface area contributed by atoms with Crippen molar-refractivity contribution in [1.82, 2.24) is 4.98 Å². The fourth-order valence-electron chi connectivity index (χ4n) is 1.58. The third kappa shape index (κ3) is 2.22. The van der Waals surface area contributed by atoms with Gasteiger partial charge in [0.2, 0.25) is 0 Å². The predicted molar refractivity (Wildman–Crippen MR) is 64.4 cm³/mol. The molecule has 1 heterocycles. The normalized spacial score (nSPS) is 14.7. The van der Waals surface area contributed by atoms with E-state index in [-0.39, 0.29) is 5.97 Å². The summed E-state index contributed by atoms with van der Waals surface area (Å²) in [6.07, 6.45) is 8.29. The molecule has 0 N–H and O–H groups in total. The molecule has 0 spiro atoms. The van der Waals surface area contributed by atoms with Gasteiger partial charge in [0.15, 0.2) is 0 Å². The average molecular weight is 235 g/mol. The minimum Gasteiger partial charge on any atom is -0.462 e. The molecule has 0 bridgehead atoms. The van der Waals surface area contributed by atoms with E-state index in [1.807, 2.05) is 6.08 Å². The Morgan fingerprint density at radius 1 is 1.56 bits per heavy atom. The molecule has 0 radical (unpaired) electrons. The Hall–Kier alpha value is -1.42. The van der Waals surface area contributed by atoms with Crippen LogP contribution in [0.15, 0.2) is 23.7 Å². The summed E-state index contributed by atoms with van der Waals surface area (Å²) in [5.41, 5.74) is 3.46. The molecule has 0 unspecified atom stereocenters. The van der Waals surface area contributed by atoms with E-state index >= 15 is 0 Å². The first kappa shape index (κ1) is 11.1. The van der Waals surface area contributed by atoms with E-state index in [0.29, 0.717) is 11.5 Å². The monoisotopic (exact) mass is 235 g/mol. The van der Waals surface area contributed by atoms with Crippen LogP contribution in [0.4, 0.5) is 0 Å². The Bertz CT molecular complexity index is 446. The smallest absolute Gasteiger partial charge is 0.350 e. The first-order valence-corrected chi connectivity index (χ1v) is 6.18. The highest BCUT2D eigenvalue weighted by Crippen LogP contribution is 2.26. The number of thiazole rings is 1. The van der Waals surface area contributed by atoms with Gasteiger partial charge in [0.05, 0.1) is 17.8 Å². The number of esters is 1. The number of hydrogen-bond acceptors (Lipinski definition) is 4. The molecular formula is C12H13NO2S. The summed E-state index contributed by atoms with van der Waals surface area (Å²) in [6.45, 7) is 2.20. The maximum Gasteiger partial charge on any atom is 0.350 e. The lowest BCUT2D eigenvalue weighted by molar-refractivity contribution is 0.0531. The molecule has 2 rings (SSSR count). The number of carbonyl (C=O) groups excluding carboxylic acids is 1. The number of hydrogen-bond donors (Lipinski definition) is 0. The molecule has 3 nitrogen and oxygen atoms in total. The standard InChI is InChI=1S/C12H13NO2S/c1-2-15-12(14)11-10(13-8-16-11)9-6-4-3-5-7-9/h4,6-8H,2-3,5H2,1H3. The fraction of sp³-hybridized carbons (Fsp3) is 0.333. The molecule has 0 aliphatic heterocycles. The highest BCUT2D eigenvalue weighted by atomic mass is 32.1. The van der Waals surface area contributed by atoms with Crippen LogP contribution in [0.1, 0.15) is 35.1 Å². The molecule has 1 aromatic heterocycles. The molecule has 0 saturated carbocycles. The van der Waals surface area contributed by atoms with Gasteiger partial charge in [-0.1, -0.05) is 18.2 Å². The Kier molecular flexibility index (Phi) is 3.51. The lowest BCUT2D eigenvalue weighted by Crippen LogP contribution is -2.05. The second kappa shape index (κ2) is 5.07. The van der Waals surface area contributed by atoms with Crippen LogP contribution in [0, 0.1) is 0 Å². The van der Waals surface area contributed by atoms with Gasteiger partial charge in [-0.15, -0.1) is 11.3 Å². The summed E-state index contributed by atoms with van der Waals surface area (Å²) in [7, 11) is 0. The number of rotatable bonds is 3. The van der Waals surface area contributed by atoms with Crippen molar-refractivity contribution >= 4 is 22.9 Å². The van der Waals surface area contributed by atoms with Gasteiger partial charge in [-0.25, -0.2) is 9.78 Å². The molecule has 1 aromatic rings. The second-order valence-corrected chi connectivity index (χ2v) is 4.24. The summed E-state index contributed by atoms with van der Waals surface area (Å²) < 4.78 is 5.00. The zero-order valence-corrected chi connectivity index (χ0v) is 9.92. The summed E-state index contributed by atoms with van der Waals surface area (Å²) >= 11 is 1.33. The molecule has 4 heteroatoms. The average Bonchev–Trinajstić information content (AvgIpc) is 2.79. The van der Waals surface area contributed by atoms with Crippen molar-refractivity contribution in [2.45, 2.75) is 19.8 Å². The van der Waals surface area contributed by atoms with Crippen molar-refractivity contribution in [3.05, 3.63) is 34.3 Å². The number of allylic oxidation sites excluding steroid dienone is 4. The Labute approximate surface area is 98.5 Å². The van der Waals surface area contributed by atoms with E-state index in [1.165, 1.54) is 11.3 Å².